The molecular weight excluding hydrogens is 250 g/mol. The quantitative estimate of drug-likeness (QED) is 0.901. The fraction of sp³-hybridized carbons (Fsp3) is 0.562. The predicted molar refractivity (Wildman–Crippen MR) is 80.7 cm³/mol. The van der Waals surface area contributed by atoms with Gasteiger partial charge in [-0.3, -0.25) is 9.69 Å². The highest BCUT2D eigenvalue weighted by molar-refractivity contribution is 5.96. The first-order chi connectivity index (χ1) is 9.61. The fourth-order valence-corrected chi connectivity index (χ4v) is 3.30. The van der Waals surface area contributed by atoms with E-state index >= 15 is 0 Å². The average molecular weight is 273 g/mol. The lowest BCUT2D eigenvalue weighted by atomic mass is 9.90. The normalized spacial score (nSPS) is 26.0. The van der Waals surface area contributed by atoms with Crippen LogP contribution in [0.15, 0.2) is 24.3 Å². The van der Waals surface area contributed by atoms with Crippen LogP contribution in [0.25, 0.3) is 0 Å². The zero-order chi connectivity index (χ0) is 14.2. The number of carbonyl (C=O) groups is 1. The number of amides is 1. The molecule has 2 heterocycles. The molecule has 2 aliphatic rings. The number of nitrogens with two attached hydrogens (primary N) is 1. The van der Waals surface area contributed by atoms with Crippen molar-refractivity contribution in [1.82, 2.24) is 4.90 Å². The van der Waals surface area contributed by atoms with Crippen molar-refractivity contribution in [3.05, 3.63) is 29.8 Å². The highest BCUT2D eigenvalue weighted by Crippen LogP contribution is 2.30. The maximum Gasteiger partial charge on any atom is 0.241 e. The molecule has 0 radical (unpaired) electrons. The van der Waals surface area contributed by atoms with Crippen molar-refractivity contribution in [2.24, 2.45) is 11.1 Å². The highest BCUT2D eigenvalue weighted by atomic mass is 16.2. The average Bonchev–Trinajstić information content (AvgIpc) is 3.03. The van der Waals surface area contributed by atoms with Crippen molar-refractivity contribution in [2.45, 2.75) is 19.8 Å². The topological polar surface area (TPSA) is 49.6 Å². The first kappa shape index (κ1) is 13.6. The van der Waals surface area contributed by atoms with Crippen LogP contribution in [0.2, 0.25) is 0 Å². The van der Waals surface area contributed by atoms with Gasteiger partial charge in [-0.2, -0.15) is 0 Å². The van der Waals surface area contributed by atoms with Gasteiger partial charge in [0.1, 0.15) is 0 Å². The number of likely N-dealkylation sites (tertiary alicyclic amines) is 1. The highest BCUT2D eigenvalue weighted by Gasteiger charge is 2.34. The number of benzene rings is 1. The molecule has 2 aliphatic heterocycles. The summed E-state index contributed by atoms with van der Waals surface area (Å²) in [5.41, 5.74) is 8.39. The minimum atomic E-state index is 0.184. The van der Waals surface area contributed by atoms with Gasteiger partial charge in [-0.25, -0.2) is 0 Å². The van der Waals surface area contributed by atoms with Gasteiger partial charge in [0.25, 0.3) is 0 Å². The summed E-state index contributed by atoms with van der Waals surface area (Å²) < 4.78 is 0. The molecule has 20 heavy (non-hydrogen) atoms. The zero-order valence-electron chi connectivity index (χ0n) is 12.1. The summed E-state index contributed by atoms with van der Waals surface area (Å²) in [7, 11) is 0. The standard InChI is InChI=1S/C16H23N3O/c1-16(11-17)7-9-18(12-16)10-15(20)19-8-6-13-4-2-3-5-14(13)19/h2-5H,6-12,17H2,1H3. The van der Waals surface area contributed by atoms with E-state index < -0.39 is 0 Å². The Morgan fingerprint density at radius 3 is 2.90 bits per heavy atom. The molecule has 1 atom stereocenters. The van der Waals surface area contributed by atoms with Gasteiger partial charge in [0.15, 0.2) is 0 Å². The van der Waals surface area contributed by atoms with E-state index in [1.165, 1.54) is 5.56 Å². The van der Waals surface area contributed by atoms with Crippen LogP contribution in [0.3, 0.4) is 0 Å². The molecule has 1 fully saturated rings. The van der Waals surface area contributed by atoms with Gasteiger partial charge in [0, 0.05) is 18.8 Å². The third-order valence-corrected chi connectivity index (χ3v) is 4.68. The van der Waals surface area contributed by atoms with Crippen LogP contribution < -0.4 is 10.6 Å². The molecule has 1 saturated heterocycles. The maximum absolute atomic E-state index is 12.5. The van der Waals surface area contributed by atoms with E-state index in [0.29, 0.717) is 13.1 Å². The summed E-state index contributed by atoms with van der Waals surface area (Å²) in [5.74, 6) is 0.219. The molecule has 4 heteroatoms. The summed E-state index contributed by atoms with van der Waals surface area (Å²) in [6, 6.07) is 8.21. The van der Waals surface area contributed by atoms with Crippen LogP contribution in [0.5, 0.6) is 0 Å². The largest absolute Gasteiger partial charge is 0.330 e. The number of carbonyl (C=O) groups excluding carboxylic acids is 1. The molecule has 4 nitrogen and oxygen atoms in total. The number of para-hydroxylation sites is 1. The maximum atomic E-state index is 12.5. The van der Waals surface area contributed by atoms with Crippen LogP contribution in [-0.2, 0) is 11.2 Å². The van der Waals surface area contributed by atoms with Crippen LogP contribution in [-0.4, -0.2) is 43.5 Å². The Bertz CT molecular complexity index is 516. The van der Waals surface area contributed by atoms with Crippen molar-refractivity contribution < 1.29 is 4.79 Å². The summed E-state index contributed by atoms with van der Waals surface area (Å²) in [4.78, 5) is 16.7. The fourth-order valence-electron chi connectivity index (χ4n) is 3.30. The third-order valence-electron chi connectivity index (χ3n) is 4.68. The molecule has 0 aromatic heterocycles. The first-order valence-electron chi connectivity index (χ1n) is 7.42. The van der Waals surface area contributed by atoms with E-state index in [9.17, 15) is 4.79 Å². The summed E-state index contributed by atoms with van der Waals surface area (Å²) in [5, 5.41) is 0. The summed E-state index contributed by atoms with van der Waals surface area (Å²) in [6.45, 7) is 6.16. The number of fused-ring (bicyclic) bond motifs is 1. The monoisotopic (exact) mass is 273 g/mol. The molecule has 1 amide bonds. The zero-order valence-corrected chi connectivity index (χ0v) is 12.1. The Morgan fingerprint density at radius 2 is 2.15 bits per heavy atom. The Labute approximate surface area is 120 Å². The molecule has 1 unspecified atom stereocenters. The summed E-state index contributed by atoms with van der Waals surface area (Å²) >= 11 is 0. The van der Waals surface area contributed by atoms with E-state index in [2.05, 4.69) is 17.9 Å². The van der Waals surface area contributed by atoms with Gasteiger partial charge in [-0.15, -0.1) is 0 Å². The van der Waals surface area contributed by atoms with Crippen molar-refractivity contribution >= 4 is 11.6 Å². The van der Waals surface area contributed by atoms with Crippen LogP contribution in [0.4, 0.5) is 5.69 Å². The molecule has 0 aliphatic carbocycles. The number of hydrogen-bond donors (Lipinski definition) is 1. The van der Waals surface area contributed by atoms with E-state index in [4.69, 9.17) is 5.73 Å². The van der Waals surface area contributed by atoms with Crippen molar-refractivity contribution in [3.8, 4) is 0 Å². The first-order valence-corrected chi connectivity index (χ1v) is 7.42. The lowest BCUT2D eigenvalue weighted by Gasteiger charge is -2.24. The van der Waals surface area contributed by atoms with Gasteiger partial charge in [0.05, 0.1) is 6.54 Å². The second-order valence-corrected chi connectivity index (χ2v) is 6.40. The third kappa shape index (κ3) is 2.45. The van der Waals surface area contributed by atoms with Gasteiger partial charge in [0.2, 0.25) is 5.91 Å². The summed E-state index contributed by atoms with van der Waals surface area (Å²) in [6.07, 6.45) is 2.07. The molecule has 3 rings (SSSR count). The second kappa shape index (κ2) is 5.19. The van der Waals surface area contributed by atoms with Gasteiger partial charge >= 0.3 is 0 Å². The molecule has 2 N–H and O–H groups in total. The van der Waals surface area contributed by atoms with E-state index in [1.807, 2.05) is 23.1 Å². The molecule has 0 bridgehead atoms. The van der Waals surface area contributed by atoms with Gasteiger partial charge < -0.3 is 10.6 Å². The van der Waals surface area contributed by atoms with Gasteiger partial charge in [-0.05, 0) is 43.0 Å². The number of hydrogen-bond acceptors (Lipinski definition) is 3. The SMILES string of the molecule is CC1(CN)CCN(CC(=O)N2CCc3ccccc32)C1. The minimum Gasteiger partial charge on any atom is -0.330 e. The van der Waals surface area contributed by atoms with Crippen molar-refractivity contribution in [2.75, 3.05) is 37.6 Å². The van der Waals surface area contributed by atoms with Crippen LogP contribution >= 0.6 is 0 Å². The van der Waals surface area contributed by atoms with E-state index in [-0.39, 0.29) is 11.3 Å². The van der Waals surface area contributed by atoms with Crippen molar-refractivity contribution in [3.63, 3.8) is 0 Å². The Balaban J connectivity index is 1.64. The van der Waals surface area contributed by atoms with E-state index in [0.717, 1.165) is 38.2 Å². The molecular formula is C16H23N3O. The Kier molecular flexibility index (Phi) is 3.52. The molecule has 108 valence electrons. The smallest absolute Gasteiger partial charge is 0.241 e. The van der Waals surface area contributed by atoms with Crippen LogP contribution in [0, 0.1) is 5.41 Å². The lowest BCUT2D eigenvalue weighted by molar-refractivity contribution is -0.119. The lowest BCUT2D eigenvalue weighted by Crippen LogP contribution is -2.40. The Morgan fingerprint density at radius 1 is 1.35 bits per heavy atom. The number of rotatable bonds is 3. The molecule has 1 aromatic carbocycles. The predicted octanol–water partition coefficient (Wildman–Crippen LogP) is 1.25. The Hall–Kier alpha value is -1.39. The van der Waals surface area contributed by atoms with Crippen molar-refractivity contribution in [1.29, 1.82) is 0 Å². The number of anilines is 1. The van der Waals surface area contributed by atoms with Crippen LogP contribution in [0.1, 0.15) is 18.9 Å². The molecule has 1 aromatic rings. The minimum absolute atomic E-state index is 0.184. The van der Waals surface area contributed by atoms with Gasteiger partial charge in [-0.1, -0.05) is 25.1 Å². The molecule has 0 saturated carbocycles. The molecule has 0 spiro atoms. The number of nitrogens with zero attached hydrogens (tertiary/aromatic N) is 2. The van der Waals surface area contributed by atoms with E-state index in [1.54, 1.807) is 0 Å². The second-order valence-electron chi connectivity index (χ2n) is 6.40.